The summed E-state index contributed by atoms with van der Waals surface area (Å²) in [5.74, 6) is -5.10. The van der Waals surface area contributed by atoms with E-state index in [2.05, 4.69) is 10.3 Å². The Morgan fingerprint density at radius 1 is 1.19 bits per heavy atom. The molecule has 0 atom stereocenters. The monoisotopic (exact) mass is 362 g/mol. The van der Waals surface area contributed by atoms with Crippen molar-refractivity contribution in [2.45, 2.75) is 12.8 Å². The van der Waals surface area contributed by atoms with E-state index < -0.39 is 34.8 Å². The van der Waals surface area contributed by atoms with Gasteiger partial charge in [-0.15, -0.1) is 0 Å². The Kier molecular flexibility index (Phi) is 4.37. The predicted molar refractivity (Wildman–Crippen MR) is 87.6 cm³/mol. The molecular formula is C17H13F3N4O2. The molecule has 2 aromatic heterocycles. The number of anilines is 1. The van der Waals surface area contributed by atoms with Crippen LogP contribution in [0.25, 0.3) is 5.65 Å². The van der Waals surface area contributed by atoms with Crippen LogP contribution in [0.15, 0.2) is 48.8 Å². The lowest BCUT2D eigenvalue weighted by atomic mass is 10.1. The molecule has 2 heterocycles. The Labute approximate surface area is 145 Å². The number of carbonyl (C=O) groups is 2. The largest absolute Gasteiger partial charge is 0.327 e. The first-order chi connectivity index (χ1) is 12.3. The number of imide groups is 1. The summed E-state index contributed by atoms with van der Waals surface area (Å²) < 4.78 is 41.9. The van der Waals surface area contributed by atoms with Crippen LogP contribution < -0.4 is 10.6 Å². The summed E-state index contributed by atoms with van der Waals surface area (Å²) in [6, 6.07) is 6.46. The quantitative estimate of drug-likeness (QED) is 0.748. The molecule has 134 valence electrons. The van der Waals surface area contributed by atoms with Gasteiger partial charge in [-0.2, -0.15) is 0 Å². The van der Waals surface area contributed by atoms with Crippen LogP contribution in [-0.4, -0.2) is 21.3 Å². The number of amides is 3. The number of carbonyl (C=O) groups excluding carboxylic acids is 2. The maximum Gasteiger partial charge on any atom is 0.327 e. The molecular weight excluding hydrogens is 349 g/mol. The van der Waals surface area contributed by atoms with Gasteiger partial charge in [0.1, 0.15) is 17.3 Å². The van der Waals surface area contributed by atoms with Gasteiger partial charge in [-0.25, -0.2) is 22.9 Å². The smallest absolute Gasteiger partial charge is 0.293 e. The van der Waals surface area contributed by atoms with Gasteiger partial charge in [-0.3, -0.25) is 19.8 Å². The number of hydrogen-bond donors (Lipinski definition) is 2. The minimum absolute atomic E-state index is 0.340. The normalized spacial score (nSPS) is 11.4. The Morgan fingerprint density at radius 3 is 2.65 bits per heavy atom. The van der Waals surface area contributed by atoms with Crippen LogP contribution in [0.2, 0.25) is 0 Å². The van der Waals surface area contributed by atoms with Gasteiger partial charge in [0, 0.05) is 24.9 Å². The van der Waals surface area contributed by atoms with Gasteiger partial charge in [-0.1, -0.05) is 12.1 Å². The zero-order valence-electron chi connectivity index (χ0n) is 13.5. The molecule has 0 saturated carbocycles. The molecule has 1 aromatic carbocycles. The first-order valence-electron chi connectivity index (χ1n) is 7.48. The minimum atomic E-state index is -3.24. The first kappa shape index (κ1) is 17.5. The molecule has 0 radical (unpaired) electrons. The van der Waals surface area contributed by atoms with Crippen molar-refractivity contribution in [1.29, 1.82) is 0 Å². The van der Waals surface area contributed by atoms with E-state index in [9.17, 15) is 22.8 Å². The summed E-state index contributed by atoms with van der Waals surface area (Å²) >= 11 is 0. The van der Waals surface area contributed by atoms with Gasteiger partial charge in [-0.05, 0) is 24.3 Å². The molecule has 2 N–H and O–H groups in total. The maximum atomic E-state index is 13.9. The summed E-state index contributed by atoms with van der Waals surface area (Å²) in [6.45, 7) is 0.617. The summed E-state index contributed by atoms with van der Waals surface area (Å²) in [6.07, 6.45) is 3.14. The van der Waals surface area contributed by atoms with E-state index in [1.807, 2.05) is 5.32 Å². The van der Waals surface area contributed by atoms with Crippen molar-refractivity contribution in [2.75, 3.05) is 5.32 Å². The van der Waals surface area contributed by atoms with E-state index in [4.69, 9.17) is 0 Å². The molecule has 0 unspecified atom stereocenters. The second-order valence-electron chi connectivity index (χ2n) is 5.56. The zero-order chi connectivity index (χ0) is 18.9. The van der Waals surface area contributed by atoms with Gasteiger partial charge in [0.15, 0.2) is 0 Å². The Bertz CT molecular complexity index is 995. The average Bonchev–Trinajstić information content (AvgIpc) is 3.03. The molecule has 6 nitrogen and oxygen atoms in total. The molecule has 9 heteroatoms. The summed E-state index contributed by atoms with van der Waals surface area (Å²) in [7, 11) is 0. The third kappa shape index (κ3) is 3.51. The van der Waals surface area contributed by atoms with Crippen LogP contribution in [0.5, 0.6) is 0 Å². The summed E-state index contributed by atoms with van der Waals surface area (Å²) in [5.41, 5.74) is -0.506. The van der Waals surface area contributed by atoms with Crippen LogP contribution in [0, 0.1) is 5.82 Å². The van der Waals surface area contributed by atoms with E-state index in [0.717, 1.165) is 12.1 Å². The molecule has 0 aliphatic heterocycles. The van der Waals surface area contributed by atoms with Gasteiger partial charge in [0.25, 0.3) is 11.8 Å². The number of imidazole rings is 1. The van der Waals surface area contributed by atoms with Crippen LogP contribution >= 0.6 is 0 Å². The SMILES string of the molecule is CC(F)(F)c1ccc(C(=O)NC(=O)Nc2cccc3nccn23)c(F)c1. The third-order valence-electron chi connectivity index (χ3n) is 3.62. The first-order valence-corrected chi connectivity index (χ1v) is 7.48. The van der Waals surface area contributed by atoms with Gasteiger partial charge in [0.05, 0.1) is 5.56 Å². The van der Waals surface area contributed by atoms with Crippen molar-refractivity contribution in [3.8, 4) is 0 Å². The van der Waals surface area contributed by atoms with Crippen molar-refractivity contribution in [1.82, 2.24) is 14.7 Å². The van der Waals surface area contributed by atoms with Gasteiger partial charge in [0.2, 0.25) is 0 Å². The van der Waals surface area contributed by atoms with Crippen molar-refractivity contribution < 1.29 is 22.8 Å². The van der Waals surface area contributed by atoms with E-state index in [0.29, 0.717) is 24.5 Å². The standard InChI is InChI=1S/C17H13F3N4O2/c1-17(19,20)10-5-6-11(12(18)9-10)15(25)23-16(26)22-14-4-2-3-13-21-7-8-24(13)14/h2-9H,1H3,(H2,22,23,25,26). The molecule has 0 fully saturated rings. The van der Waals surface area contributed by atoms with Crippen molar-refractivity contribution >= 4 is 23.4 Å². The average molecular weight is 362 g/mol. The lowest BCUT2D eigenvalue weighted by molar-refractivity contribution is 0.0171. The van der Waals surface area contributed by atoms with E-state index in [1.54, 1.807) is 28.8 Å². The Morgan fingerprint density at radius 2 is 1.96 bits per heavy atom. The molecule has 26 heavy (non-hydrogen) atoms. The molecule has 0 aliphatic carbocycles. The molecule has 3 aromatic rings. The number of nitrogens with one attached hydrogen (secondary N) is 2. The number of fused-ring (bicyclic) bond motifs is 1. The number of pyridine rings is 1. The van der Waals surface area contributed by atoms with Crippen molar-refractivity contribution in [3.63, 3.8) is 0 Å². The third-order valence-corrected chi connectivity index (χ3v) is 3.62. The number of hydrogen-bond acceptors (Lipinski definition) is 3. The number of nitrogens with zero attached hydrogens (tertiary/aromatic N) is 2. The molecule has 3 rings (SSSR count). The number of rotatable bonds is 3. The zero-order valence-corrected chi connectivity index (χ0v) is 13.5. The fraction of sp³-hybridized carbons (Fsp3) is 0.118. The minimum Gasteiger partial charge on any atom is -0.293 e. The number of halogens is 3. The molecule has 0 aliphatic rings. The van der Waals surface area contributed by atoms with Crippen molar-refractivity contribution in [3.05, 3.63) is 65.7 Å². The highest BCUT2D eigenvalue weighted by molar-refractivity contribution is 6.07. The number of aromatic nitrogens is 2. The second-order valence-corrected chi connectivity index (χ2v) is 5.56. The topological polar surface area (TPSA) is 75.5 Å². The fourth-order valence-corrected chi connectivity index (χ4v) is 2.34. The number of urea groups is 1. The summed E-state index contributed by atoms with van der Waals surface area (Å²) in [5, 5.41) is 4.39. The molecule has 0 saturated heterocycles. The Hall–Kier alpha value is -3.36. The Balaban J connectivity index is 1.74. The number of alkyl halides is 2. The maximum absolute atomic E-state index is 13.9. The summed E-state index contributed by atoms with van der Waals surface area (Å²) in [4.78, 5) is 28.1. The highest BCUT2D eigenvalue weighted by Crippen LogP contribution is 2.28. The van der Waals surface area contributed by atoms with Crippen LogP contribution in [0.4, 0.5) is 23.8 Å². The van der Waals surface area contributed by atoms with E-state index in [1.165, 1.54) is 6.20 Å². The highest BCUT2D eigenvalue weighted by Gasteiger charge is 2.26. The molecule has 0 bridgehead atoms. The van der Waals surface area contributed by atoms with Crippen molar-refractivity contribution in [2.24, 2.45) is 0 Å². The van der Waals surface area contributed by atoms with Crippen LogP contribution in [0.1, 0.15) is 22.8 Å². The van der Waals surface area contributed by atoms with Crippen LogP contribution in [-0.2, 0) is 5.92 Å². The highest BCUT2D eigenvalue weighted by atomic mass is 19.3. The molecule has 0 spiro atoms. The van der Waals surface area contributed by atoms with Gasteiger partial charge >= 0.3 is 6.03 Å². The van der Waals surface area contributed by atoms with Gasteiger partial charge < -0.3 is 0 Å². The lowest BCUT2D eigenvalue weighted by Gasteiger charge is -2.12. The van der Waals surface area contributed by atoms with Crippen LogP contribution in [0.3, 0.4) is 0 Å². The predicted octanol–water partition coefficient (Wildman–Crippen LogP) is 3.55. The van der Waals surface area contributed by atoms with E-state index in [-0.39, 0.29) is 0 Å². The number of benzene rings is 1. The van der Waals surface area contributed by atoms with E-state index >= 15 is 0 Å². The second kappa shape index (κ2) is 6.51. The fourth-order valence-electron chi connectivity index (χ4n) is 2.34. The molecule has 3 amide bonds. The lowest BCUT2D eigenvalue weighted by Crippen LogP contribution is -2.35.